The molecule has 0 spiro atoms. The number of amides is 1. The van der Waals surface area contributed by atoms with Crippen molar-refractivity contribution < 1.29 is 48.3 Å². The van der Waals surface area contributed by atoms with Crippen molar-refractivity contribution in [1.29, 1.82) is 0 Å². The second-order valence-electron chi connectivity index (χ2n) is 18.1. The molecule has 12 nitrogen and oxygen atoms in total. The summed E-state index contributed by atoms with van der Waals surface area (Å²) < 4.78 is 38.8. The second-order valence-corrected chi connectivity index (χ2v) is 19.3. The molecule has 0 radical (unpaired) electrons. The minimum atomic E-state index is -1.36. The van der Waals surface area contributed by atoms with Gasteiger partial charge in [0, 0.05) is 60.6 Å². The van der Waals surface area contributed by atoms with Crippen molar-refractivity contribution in [2.75, 3.05) is 45.6 Å². The van der Waals surface area contributed by atoms with Crippen molar-refractivity contribution in [1.82, 2.24) is 4.90 Å². The van der Waals surface area contributed by atoms with Crippen LogP contribution in [0.4, 0.5) is 0 Å². The van der Waals surface area contributed by atoms with Gasteiger partial charge >= 0.3 is 0 Å². The zero-order valence-electron chi connectivity index (χ0n) is 37.4. The van der Waals surface area contributed by atoms with Gasteiger partial charge in [-0.1, -0.05) is 54.4 Å². The van der Waals surface area contributed by atoms with Crippen molar-refractivity contribution in [2.45, 2.75) is 113 Å². The van der Waals surface area contributed by atoms with E-state index in [-0.39, 0.29) is 56.2 Å². The minimum absolute atomic E-state index is 0.0535. The Labute approximate surface area is 387 Å². The molecule has 2 N–H and O–H groups in total. The Bertz CT molecular complexity index is 2160. The molecule has 348 valence electrons. The average Bonchev–Trinajstić information content (AvgIpc) is 4.09. The molecule has 3 heterocycles. The fourth-order valence-electron chi connectivity index (χ4n) is 10.6. The zero-order valence-corrected chi connectivity index (χ0v) is 38.2. The third kappa shape index (κ3) is 10.2. The molecule has 6 aliphatic rings. The third-order valence-electron chi connectivity index (χ3n) is 13.8. The summed E-state index contributed by atoms with van der Waals surface area (Å²) in [5, 5.41) is 25.1. The monoisotopic (exact) mass is 908 g/mol. The molecule has 13 heteroatoms. The molecule has 0 aromatic heterocycles. The maximum absolute atomic E-state index is 15.0. The normalized spacial score (nSPS) is 26.9. The highest BCUT2D eigenvalue weighted by molar-refractivity contribution is 7.99. The van der Waals surface area contributed by atoms with Crippen LogP contribution in [-0.2, 0) is 25.7 Å². The van der Waals surface area contributed by atoms with Gasteiger partial charge in [0.2, 0.25) is 24.8 Å². The van der Waals surface area contributed by atoms with E-state index < -0.39 is 24.0 Å². The number of aliphatic hydroxyl groups excluding tert-OH is 2. The third-order valence-corrected chi connectivity index (χ3v) is 14.8. The van der Waals surface area contributed by atoms with Gasteiger partial charge in [-0.3, -0.25) is 4.79 Å². The van der Waals surface area contributed by atoms with E-state index >= 15 is 4.79 Å². The van der Waals surface area contributed by atoms with E-state index in [4.69, 9.17) is 38.4 Å². The lowest BCUT2D eigenvalue weighted by Gasteiger charge is -2.60. The molecule has 7 atom stereocenters. The summed E-state index contributed by atoms with van der Waals surface area (Å²) in [4.78, 5) is 24.5. The molecule has 3 aromatic rings. The molecular formula is C52H64N2O10S. The maximum Gasteiger partial charge on any atom is 0.239 e. The number of carbonyl (C=O) groups excluding carboxylic acids is 1. The largest absolute Gasteiger partial charge is 0.493 e. The van der Waals surface area contributed by atoms with E-state index in [2.05, 4.69) is 30.9 Å². The van der Waals surface area contributed by atoms with E-state index in [1.165, 1.54) is 4.90 Å². The molecular weight excluding hydrogens is 845 g/mol. The SMILES string of the molecule is C=CCOC12Oc3ccc(OCCSc4ccccc4)cc3C3C(CCCCO)C(CCCCO)C=C(C(=NOC4CCCCO4)CC1N(Cc1ccc4c(c1)OCO4)C(=O)C1CC1)C32. The van der Waals surface area contributed by atoms with Gasteiger partial charge in [-0.15, -0.1) is 18.3 Å². The Morgan fingerprint density at radius 1 is 0.938 bits per heavy atom. The van der Waals surface area contributed by atoms with Crippen LogP contribution in [-0.4, -0.2) is 90.4 Å². The van der Waals surface area contributed by atoms with E-state index in [1.807, 2.05) is 53.4 Å². The molecule has 0 bridgehead atoms. The van der Waals surface area contributed by atoms with Gasteiger partial charge in [0.05, 0.1) is 31.5 Å². The smallest absolute Gasteiger partial charge is 0.239 e. The summed E-state index contributed by atoms with van der Waals surface area (Å²) in [5.74, 6) is 1.78. The van der Waals surface area contributed by atoms with Crippen molar-refractivity contribution in [3.63, 3.8) is 0 Å². The predicted octanol–water partition coefficient (Wildman–Crippen LogP) is 9.19. The number of aliphatic hydroxyl groups is 2. The number of allylic oxidation sites excluding steroid dienone is 1. The second kappa shape index (κ2) is 21.4. The first kappa shape index (κ1) is 45.6. The molecule has 3 fully saturated rings. The number of nitrogens with zero attached hydrogens (tertiary/aromatic N) is 2. The molecule has 1 saturated heterocycles. The van der Waals surface area contributed by atoms with Crippen LogP contribution in [0.25, 0.3) is 0 Å². The fraction of sp³-hybridized carbons (Fsp3) is 0.538. The molecule has 3 aliphatic heterocycles. The average molecular weight is 909 g/mol. The van der Waals surface area contributed by atoms with Crippen LogP contribution < -0.4 is 18.9 Å². The van der Waals surface area contributed by atoms with Gasteiger partial charge < -0.3 is 48.4 Å². The number of oxime groups is 1. The number of hydrogen-bond acceptors (Lipinski definition) is 12. The van der Waals surface area contributed by atoms with Crippen molar-refractivity contribution in [3.05, 3.63) is 102 Å². The number of ether oxygens (including phenoxy) is 6. The van der Waals surface area contributed by atoms with Crippen LogP contribution >= 0.6 is 11.8 Å². The number of thioether (sulfide) groups is 1. The van der Waals surface area contributed by atoms with Crippen molar-refractivity contribution >= 4 is 23.4 Å². The summed E-state index contributed by atoms with van der Waals surface area (Å²) in [6.07, 6.45) is 13.1. The van der Waals surface area contributed by atoms with Crippen LogP contribution in [0.3, 0.4) is 0 Å². The van der Waals surface area contributed by atoms with Gasteiger partial charge in [0.15, 0.2) is 11.5 Å². The standard InChI is InChI=1S/C52H64N2O10S/c1-2-25-62-52-47(54(51(57)36-18-19-36)33-35-17-21-45-46(29-35)61-34-60-45)32-43(53-64-48-16-8-11-26-59-48)41-30-37(12-6-9-23-55)40(15-7-10-24-56)49(50(41)52)42-31-38(20-22-44(42)63-52)58-27-28-65-39-13-4-3-5-14-39/h2-5,13-14,17,20-22,29-31,36-37,40,47-50,55-56H,1,6-12,15-16,18-19,23-28,32-34H2. The number of carbonyl (C=O) groups is 1. The van der Waals surface area contributed by atoms with E-state index in [0.717, 1.165) is 91.7 Å². The maximum atomic E-state index is 15.0. The van der Waals surface area contributed by atoms with Crippen molar-refractivity contribution in [2.24, 2.45) is 28.8 Å². The first-order chi connectivity index (χ1) is 32.0. The summed E-state index contributed by atoms with van der Waals surface area (Å²) in [7, 11) is 0. The summed E-state index contributed by atoms with van der Waals surface area (Å²) in [6, 6.07) is 21.7. The first-order valence-corrected chi connectivity index (χ1v) is 24.8. The lowest BCUT2D eigenvalue weighted by molar-refractivity contribution is -0.258. The van der Waals surface area contributed by atoms with E-state index in [9.17, 15) is 10.2 Å². The highest BCUT2D eigenvalue weighted by Crippen LogP contribution is 2.62. The number of benzene rings is 3. The van der Waals surface area contributed by atoms with Crippen molar-refractivity contribution in [3.8, 4) is 23.0 Å². The van der Waals surface area contributed by atoms with E-state index in [1.54, 1.807) is 17.8 Å². The summed E-state index contributed by atoms with van der Waals surface area (Å²) in [6.45, 7) is 6.10. The molecule has 9 rings (SSSR count). The molecule has 3 aliphatic carbocycles. The van der Waals surface area contributed by atoms with E-state index in [0.29, 0.717) is 56.3 Å². The number of fused-ring (bicyclic) bond motifs is 3. The quantitative estimate of drug-likeness (QED) is 0.0432. The Morgan fingerprint density at radius 2 is 1.75 bits per heavy atom. The number of rotatable bonds is 22. The van der Waals surface area contributed by atoms with Crippen LogP contribution in [0.2, 0.25) is 0 Å². The lowest BCUT2D eigenvalue weighted by Crippen LogP contribution is -2.70. The van der Waals surface area contributed by atoms with Crippen LogP contribution in [0.1, 0.15) is 94.1 Å². The fourth-order valence-corrected chi connectivity index (χ4v) is 11.4. The molecule has 7 unspecified atom stereocenters. The lowest BCUT2D eigenvalue weighted by atomic mass is 9.55. The molecule has 2 saturated carbocycles. The van der Waals surface area contributed by atoms with Gasteiger partial charge in [0.1, 0.15) is 17.5 Å². The Balaban J connectivity index is 1.18. The van der Waals surface area contributed by atoms with Crippen LogP contribution in [0.15, 0.2) is 101 Å². The number of hydrogen-bond donors (Lipinski definition) is 2. The Morgan fingerprint density at radius 3 is 2.54 bits per heavy atom. The summed E-state index contributed by atoms with van der Waals surface area (Å²) in [5.41, 5.74) is 3.69. The molecule has 65 heavy (non-hydrogen) atoms. The Hall–Kier alpha value is -4.53. The highest BCUT2D eigenvalue weighted by atomic mass is 32.2. The van der Waals surface area contributed by atoms with Gasteiger partial charge in [-0.25, -0.2) is 0 Å². The van der Waals surface area contributed by atoms with Gasteiger partial charge in [0.25, 0.3) is 0 Å². The number of unbranched alkanes of at least 4 members (excludes halogenated alkanes) is 2. The highest BCUT2D eigenvalue weighted by Gasteiger charge is 2.66. The minimum Gasteiger partial charge on any atom is -0.493 e. The molecule has 3 aromatic carbocycles. The topological polar surface area (TPSA) is 138 Å². The first-order valence-electron chi connectivity index (χ1n) is 23.8. The van der Waals surface area contributed by atoms with Gasteiger partial charge in [-0.2, -0.15) is 0 Å². The molecule has 1 amide bonds. The Kier molecular flexibility index (Phi) is 15.0. The summed E-state index contributed by atoms with van der Waals surface area (Å²) >= 11 is 1.76. The zero-order chi connectivity index (χ0) is 44.6. The van der Waals surface area contributed by atoms with Gasteiger partial charge in [-0.05, 0) is 117 Å². The predicted molar refractivity (Wildman–Crippen MR) is 248 cm³/mol. The van der Waals surface area contributed by atoms with Crippen LogP contribution in [0, 0.1) is 23.7 Å². The van der Waals surface area contributed by atoms with Crippen LogP contribution in [0.5, 0.6) is 23.0 Å².